The number of aromatic nitrogens is 2. The first-order valence-corrected chi connectivity index (χ1v) is 7.53. The van der Waals surface area contributed by atoms with Crippen molar-refractivity contribution in [3.8, 4) is 0 Å². The average molecular weight is 314 g/mol. The lowest BCUT2D eigenvalue weighted by Crippen LogP contribution is -2.25. The summed E-state index contributed by atoms with van der Waals surface area (Å²) in [7, 11) is -3.73. The molecule has 0 N–H and O–H groups in total. The molecule has 0 bridgehead atoms. The molecule has 0 saturated carbocycles. The lowest BCUT2D eigenvalue weighted by Gasteiger charge is -2.15. The molecule has 1 aliphatic rings. The molecule has 5 nitrogen and oxygen atoms in total. The van der Waals surface area contributed by atoms with E-state index in [1.165, 1.54) is 16.7 Å². The van der Waals surface area contributed by atoms with E-state index in [1.807, 2.05) is 0 Å². The van der Waals surface area contributed by atoms with E-state index in [4.69, 9.17) is 11.6 Å². The van der Waals surface area contributed by atoms with Crippen LogP contribution in [-0.4, -0.2) is 22.7 Å². The van der Waals surface area contributed by atoms with Gasteiger partial charge < -0.3 is 0 Å². The zero-order valence-corrected chi connectivity index (χ0v) is 11.7. The van der Waals surface area contributed by atoms with Crippen LogP contribution in [-0.2, 0) is 23.1 Å². The third kappa shape index (κ3) is 2.17. The highest BCUT2D eigenvalue weighted by atomic mass is 35.5. The molecule has 104 valence electrons. The van der Waals surface area contributed by atoms with Crippen LogP contribution >= 0.6 is 11.6 Å². The molecule has 0 amide bonds. The summed E-state index contributed by atoms with van der Waals surface area (Å²) in [5, 5.41) is -0.220. The Bertz CT molecular complexity index is 757. The van der Waals surface area contributed by atoms with Gasteiger partial charge in [-0.05, 0) is 18.2 Å². The maximum atomic E-state index is 13.1. The fourth-order valence-electron chi connectivity index (χ4n) is 2.03. The Hall–Kier alpha value is -1.57. The maximum Gasteiger partial charge on any atom is 0.243 e. The van der Waals surface area contributed by atoms with E-state index in [0.29, 0.717) is 5.69 Å². The van der Waals surface area contributed by atoms with Crippen LogP contribution in [0.3, 0.4) is 0 Å². The van der Waals surface area contributed by atoms with Crippen molar-refractivity contribution >= 4 is 21.6 Å². The zero-order valence-electron chi connectivity index (χ0n) is 10.1. The van der Waals surface area contributed by atoms with Gasteiger partial charge in [0.25, 0.3) is 0 Å². The van der Waals surface area contributed by atoms with Crippen molar-refractivity contribution in [2.24, 2.45) is 0 Å². The molecular weight excluding hydrogens is 305 g/mol. The first-order valence-electron chi connectivity index (χ1n) is 5.71. The molecule has 0 spiro atoms. The van der Waals surface area contributed by atoms with Gasteiger partial charge in [0.05, 0.1) is 22.2 Å². The van der Waals surface area contributed by atoms with Crippen molar-refractivity contribution in [2.75, 3.05) is 0 Å². The van der Waals surface area contributed by atoms with Gasteiger partial charge in [0.1, 0.15) is 12.1 Å². The summed E-state index contributed by atoms with van der Waals surface area (Å²) in [4.78, 5) is 7.88. The van der Waals surface area contributed by atoms with E-state index in [0.717, 1.165) is 17.7 Å². The van der Waals surface area contributed by atoms with Crippen LogP contribution in [0.25, 0.3) is 0 Å². The van der Waals surface area contributed by atoms with E-state index in [1.54, 1.807) is 6.20 Å². The van der Waals surface area contributed by atoms with Crippen LogP contribution < -0.4 is 0 Å². The number of nitrogens with zero attached hydrogens (tertiary/aromatic N) is 3. The van der Waals surface area contributed by atoms with Gasteiger partial charge in [0.15, 0.2) is 0 Å². The fourth-order valence-corrected chi connectivity index (χ4v) is 3.68. The number of sulfonamides is 1. The second-order valence-electron chi connectivity index (χ2n) is 4.34. The van der Waals surface area contributed by atoms with Crippen molar-refractivity contribution in [3.63, 3.8) is 0 Å². The number of hydrogen-bond acceptors (Lipinski definition) is 4. The van der Waals surface area contributed by atoms with E-state index in [2.05, 4.69) is 9.97 Å². The van der Waals surface area contributed by atoms with Crippen molar-refractivity contribution in [1.82, 2.24) is 14.3 Å². The van der Waals surface area contributed by atoms with Gasteiger partial charge in [-0.1, -0.05) is 11.6 Å². The topological polar surface area (TPSA) is 63.2 Å². The Morgan fingerprint density at radius 1 is 1.30 bits per heavy atom. The molecule has 2 heterocycles. The zero-order chi connectivity index (χ0) is 14.3. The predicted octanol–water partition coefficient (Wildman–Crippen LogP) is 1.97. The first kappa shape index (κ1) is 13.4. The van der Waals surface area contributed by atoms with Gasteiger partial charge in [0, 0.05) is 18.3 Å². The summed E-state index contributed by atoms with van der Waals surface area (Å²) in [5.41, 5.74) is 1.45. The summed E-state index contributed by atoms with van der Waals surface area (Å²) >= 11 is 5.64. The number of fused-ring (bicyclic) bond motifs is 1. The van der Waals surface area contributed by atoms with Crippen LogP contribution in [0.2, 0.25) is 5.02 Å². The second-order valence-corrected chi connectivity index (χ2v) is 6.69. The minimum absolute atomic E-state index is 0.0373. The normalized spacial score (nSPS) is 15.3. The molecule has 0 unspecified atom stereocenters. The molecular formula is C12H9ClFN3O2S. The van der Waals surface area contributed by atoms with Gasteiger partial charge in [-0.2, -0.15) is 4.31 Å². The Morgan fingerprint density at radius 2 is 2.10 bits per heavy atom. The lowest BCUT2D eigenvalue weighted by atomic mass is 10.3. The summed E-state index contributed by atoms with van der Waals surface area (Å²) in [5.74, 6) is -0.652. The first-order chi connectivity index (χ1) is 9.48. The lowest BCUT2D eigenvalue weighted by molar-refractivity contribution is 0.429. The van der Waals surface area contributed by atoms with E-state index in [-0.39, 0.29) is 23.0 Å². The fraction of sp³-hybridized carbons (Fsp3) is 0.167. The molecule has 20 heavy (non-hydrogen) atoms. The molecule has 1 aromatic carbocycles. The highest BCUT2D eigenvalue weighted by Gasteiger charge is 2.31. The third-order valence-electron chi connectivity index (χ3n) is 3.08. The minimum Gasteiger partial charge on any atom is -0.244 e. The molecule has 0 saturated heterocycles. The predicted molar refractivity (Wildman–Crippen MR) is 69.9 cm³/mol. The van der Waals surface area contributed by atoms with Crippen LogP contribution in [0.15, 0.2) is 35.6 Å². The van der Waals surface area contributed by atoms with Crippen LogP contribution in [0, 0.1) is 5.82 Å². The minimum atomic E-state index is -3.73. The van der Waals surface area contributed by atoms with Gasteiger partial charge >= 0.3 is 0 Å². The standard InChI is InChI=1S/C12H9ClFN3O2S/c13-10-3-9(1-2-11(10)14)20(18,19)17-5-8-4-15-7-16-12(8)6-17/h1-4,7H,5-6H2. The largest absolute Gasteiger partial charge is 0.244 e. The van der Waals surface area contributed by atoms with Crippen molar-refractivity contribution in [1.29, 1.82) is 0 Å². The van der Waals surface area contributed by atoms with Crippen molar-refractivity contribution in [3.05, 3.63) is 52.8 Å². The van der Waals surface area contributed by atoms with Gasteiger partial charge in [-0.25, -0.2) is 22.8 Å². The van der Waals surface area contributed by atoms with Gasteiger partial charge in [-0.3, -0.25) is 0 Å². The molecule has 3 rings (SSSR count). The number of rotatable bonds is 2. The van der Waals surface area contributed by atoms with Crippen LogP contribution in [0.4, 0.5) is 4.39 Å². The molecule has 1 aliphatic heterocycles. The van der Waals surface area contributed by atoms with E-state index >= 15 is 0 Å². The quantitative estimate of drug-likeness (QED) is 0.850. The van der Waals surface area contributed by atoms with Crippen molar-refractivity contribution in [2.45, 2.75) is 18.0 Å². The molecule has 0 atom stereocenters. The highest BCUT2D eigenvalue weighted by molar-refractivity contribution is 7.89. The van der Waals surface area contributed by atoms with Crippen LogP contribution in [0.1, 0.15) is 11.3 Å². The highest BCUT2D eigenvalue weighted by Crippen LogP contribution is 2.28. The summed E-state index contributed by atoms with van der Waals surface area (Å²) in [6.07, 6.45) is 2.97. The van der Waals surface area contributed by atoms with E-state index < -0.39 is 15.8 Å². The van der Waals surface area contributed by atoms with Crippen molar-refractivity contribution < 1.29 is 12.8 Å². The molecule has 0 aliphatic carbocycles. The maximum absolute atomic E-state index is 13.1. The Balaban J connectivity index is 1.96. The summed E-state index contributed by atoms with van der Waals surface area (Å²) < 4.78 is 39.3. The molecule has 8 heteroatoms. The Labute approximate surface area is 120 Å². The SMILES string of the molecule is O=S(=O)(c1ccc(F)c(Cl)c1)N1Cc2cncnc2C1. The molecule has 2 aromatic rings. The van der Waals surface area contributed by atoms with E-state index in [9.17, 15) is 12.8 Å². The number of benzene rings is 1. The Morgan fingerprint density at radius 3 is 2.80 bits per heavy atom. The smallest absolute Gasteiger partial charge is 0.243 e. The third-order valence-corrected chi connectivity index (χ3v) is 5.16. The van der Waals surface area contributed by atoms with Gasteiger partial charge in [-0.15, -0.1) is 0 Å². The van der Waals surface area contributed by atoms with Crippen LogP contribution in [0.5, 0.6) is 0 Å². The number of hydrogen-bond donors (Lipinski definition) is 0. The molecule has 1 aromatic heterocycles. The molecule has 0 fully saturated rings. The average Bonchev–Trinajstić information content (AvgIpc) is 2.86. The number of halogens is 2. The summed E-state index contributed by atoms with van der Waals surface area (Å²) in [6, 6.07) is 3.35. The monoisotopic (exact) mass is 313 g/mol. The van der Waals surface area contributed by atoms with Gasteiger partial charge in [0.2, 0.25) is 10.0 Å². The summed E-state index contributed by atoms with van der Waals surface area (Å²) in [6.45, 7) is 0.378. The molecule has 0 radical (unpaired) electrons. The second kappa shape index (κ2) is 4.76. The Kier molecular flexibility index (Phi) is 3.19.